The highest BCUT2D eigenvalue weighted by Crippen LogP contribution is 2.43. The van der Waals surface area contributed by atoms with Gasteiger partial charge in [-0.3, -0.25) is 4.79 Å². The Morgan fingerprint density at radius 1 is 0.857 bits per heavy atom. The molecule has 1 atom stereocenters. The lowest BCUT2D eigenvalue weighted by Gasteiger charge is -2.39. The van der Waals surface area contributed by atoms with E-state index in [4.69, 9.17) is 4.74 Å². The van der Waals surface area contributed by atoms with Gasteiger partial charge in [0.25, 0.3) is 0 Å². The number of Topliss-reactive ketones (excluding diaryl/α,β-unsaturated/α-hetero) is 1. The number of hydrogen-bond acceptors (Lipinski definition) is 4. The first-order valence-corrected chi connectivity index (χ1v) is 11.3. The van der Waals surface area contributed by atoms with Gasteiger partial charge in [0.05, 0.1) is 41.8 Å². The normalized spacial score (nSPS) is 14.3. The van der Waals surface area contributed by atoms with Crippen LogP contribution in [0, 0.1) is 11.6 Å². The average molecular weight is 472 g/mol. The van der Waals surface area contributed by atoms with Crippen LogP contribution >= 0.6 is 0 Å². The molecule has 5 nitrogen and oxygen atoms in total. The van der Waals surface area contributed by atoms with E-state index in [-0.39, 0.29) is 24.8 Å². The molecule has 0 saturated carbocycles. The first-order valence-electron chi connectivity index (χ1n) is 11.3. The molecule has 0 N–H and O–H groups in total. The molecule has 3 aromatic carbocycles. The Kier molecular flexibility index (Phi) is 5.91. The van der Waals surface area contributed by atoms with E-state index in [0.29, 0.717) is 11.1 Å². The number of hydrogen-bond donors (Lipinski definition) is 0. The SMILES string of the molecule is CCOC(=O)c1cc2n(c1)-c1ccccc1N(CC(=O)c1ccc(F)cc1)C2c1ccc(F)cc1. The summed E-state index contributed by atoms with van der Waals surface area (Å²) in [5.41, 5.74) is 3.83. The zero-order chi connectivity index (χ0) is 24.5. The highest BCUT2D eigenvalue weighted by atomic mass is 19.1. The smallest absolute Gasteiger partial charge is 0.339 e. The molecule has 1 aliphatic rings. The van der Waals surface area contributed by atoms with Crippen molar-refractivity contribution in [1.82, 2.24) is 4.57 Å². The van der Waals surface area contributed by atoms with Crippen LogP contribution in [-0.2, 0) is 4.74 Å². The molecule has 5 rings (SSSR count). The van der Waals surface area contributed by atoms with Crippen LogP contribution in [0.1, 0.15) is 44.9 Å². The lowest BCUT2D eigenvalue weighted by molar-refractivity contribution is 0.0526. The van der Waals surface area contributed by atoms with E-state index >= 15 is 0 Å². The quantitative estimate of drug-likeness (QED) is 0.266. The third kappa shape index (κ3) is 4.21. The number of nitrogens with zero attached hydrogens (tertiary/aromatic N) is 2. The average Bonchev–Trinajstić information content (AvgIpc) is 3.31. The van der Waals surface area contributed by atoms with Gasteiger partial charge in [0.2, 0.25) is 0 Å². The van der Waals surface area contributed by atoms with Crippen molar-refractivity contribution in [2.45, 2.75) is 13.0 Å². The molecule has 1 unspecified atom stereocenters. The number of benzene rings is 3. The molecule has 2 heterocycles. The van der Waals surface area contributed by atoms with E-state index in [9.17, 15) is 18.4 Å². The summed E-state index contributed by atoms with van der Waals surface area (Å²) < 4.78 is 34.3. The second-order valence-corrected chi connectivity index (χ2v) is 8.24. The molecular weight excluding hydrogens is 450 g/mol. The molecule has 0 bridgehead atoms. The Labute approximate surface area is 201 Å². The molecule has 0 saturated heterocycles. The van der Waals surface area contributed by atoms with Crippen molar-refractivity contribution >= 4 is 17.4 Å². The van der Waals surface area contributed by atoms with Crippen LogP contribution in [0.25, 0.3) is 5.69 Å². The zero-order valence-corrected chi connectivity index (χ0v) is 18.9. The lowest BCUT2D eigenvalue weighted by atomic mass is 9.96. The van der Waals surface area contributed by atoms with Crippen molar-refractivity contribution in [3.63, 3.8) is 0 Å². The second-order valence-electron chi connectivity index (χ2n) is 8.24. The van der Waals surface area contributed by atoms with Crippen LogP contribution in [-0.4, -0.2) is 29.5 Å². The number of para-hydroxylation sites is 2. The predicted octanol–water partition coefficient (Wildman–Crippen LogP) is 5.72. The number of halogens is 2. The minimum Gasteiger partial charge on any atom is -0.462 e. The molecule has 1 aromatic heterocycles. The Bertz CT molecular complexity index is 1390. The Morgan fingerprint density at radius 2 is 1.49 bits per heavy atom. The molecule has 4 aromatic rings. The maximum atomic E-state index is 13.8. The van der Waals surface area contributed by atoms with Crippen LogP contribution in [0.2, 0.25) is 0 Å². The van der Waals surface area contributed by atoms with Crippen LogP contribution in [0.3, 0.4) is 0 Å². The van der Waals surface area contributed by atoms with Crippen molar-refractivity contribution in [2.75, 3.05) is 18.1 Å². The number of esters is 1. The molecule has 176 valence electrons. The number of fused-ring (bicyclic) bond motifs is 3. The van der Waals surface area contributed by atoms with Crippen LogP contribution in [0.4, 0.5) is 14.5 Å². The van der Waals surface area contributed by atoms with Gasteiger partial charge in [-0.25, -0.2) is 13.6 Å². The van der Waals surface area contributed by atoms with Gasteiger partial charge in [0.1, 0.15) is 11.6 Å². The van der Waals surface area contributed by atoms with E-state index < -0.39 is 17.8 Å². The summed E-state index contributed by atoms with van der Waals surface area (Å²) in [4.78, 5) is 27.8. The fourth-order valence-electron chi connectivity index (χ4n) is 4.49. The van der Waals surface area contributed by atoms with Crippen molar-refractivity contribution in [3.05, 3.63) is 119 Å². The Morgan fingerprint density at radius 3 is 2.14 bits per heavy atom. The van der Waals surface area contributed by atoms with Crippen LogP contribution < -0.4 is 4.90 Å². The van der Waals surface area contributed by atoms with Crippen molar-refractivity contribution in [3.8, 4) is 5.69 Å². The minimum absolute atomic E-state index is 0.00932. The predicted molar refractivity (Wildman–Crippen MR) is 128 cm³/mol. The largest absolute Gasteiger partial charge is 0.462 e. The summed E-state index contributed by atoms with van der Waals surface area (Å²) in [6.07, 6.45) is 1.72. The lowest BCUT2D eigenvalue weighted by Crippen LogP contribution is -2.38. The standard InChI is InChI=1S/C28H22F2N2O3/c1-2-35-28(34)20-15-25-27(19-9-13-22(30)14-10-19)32(17-26(33)18-7-11-21(29)12-8-18)24-6-4-3-5-23(24)31(25)16-20/h3-16,27H,2,17H2,1H3. The maximum absolute atomic E-state index is 13.8. The van der Waals surface area contributed by atoms with Gasteiger partial charge in [-0.15, -0.1) is 0 Å². The molecular formula is C28H22F2N2O3. The molecule has 1 aliphatic heterocycles. The first kappa shape index (κ1) is 22.5. The van der Waals surface area contributed by atoms with Gasteiger partial charge in [-0.05, 0) is 67.1 Å². The summed E-state index contributed by atoms with van der Waals surface area (Å²) in [7, 11) is 0. The monoisotopic (exact) mass is 472 g/mol. The fourth-order valence-corrected chi connectivity index (χ4v) is 4.49. The number of anilines is 1. The van der Waals surface area contributed by atoms with E-state index in [1.807, 2.05) is 33.7 Å². The second kappa shape index (κ2) is 9.18. The molecule has 0 radical (unpaired) electrons. The van der Waals surface area contributed by atoms with E-state index in [1.54, 1.807) is 31.3 Å². The summed E-state index contributed by atoms with van der Waals surface area (Å²) in [5.74, 6) is -1.43. The number of ether oxygens (including phenoxy) is 1. The van der Waals surface area contributed by atoms with Crippen molar-refractivity contribution in [1.29, 1.82) is 0 Å². The first-order chi connectivity index (χ1) is 17.0. The topological polar surface area (TPSA) is 51.5 Å². The summed E-state index contributed by atoms with van der Waals surface area (Å²) in [6, 6.07) is 20.3. The van der Waals surface area contributed by atoms with E-state index in [1.165, 1.54) is 36.4 Å². The van der Waals surface area contributed by atoms with E-state index in [0.717, 1.165) is 22.6 Å². The van der Waals surface area contributed by atoms with Crippen LogP contribution in [0.15, 0.2) is 85.1 Å². The van der Waals surface area contributed by atoms with E-state index in [2.05, 4.69) is 0 Å². The third-order valence-electron chi connectivity index (χ3n) is 6.07. The molecule has 0 spiro atoms. The Balaban J connectivity index is 1.65. The number of carbonyl (C=O) groups is 2. The molecule has 0 aliphatic carbocycles. The highest BCUT2D eigenvalue weighted by Gasteiger charge is 2.35. The van der Waals surface area contributed by atoms with Gasteiger partial charge in [-0.2, -0.15) is 0 Å². The van der Waals surface area contributed by atoms with Gasteiger partial charge >= 0.3 is 5.97 Å². The number of rotatable bonds is 6. The van der Waals surface area contributed by atoms with Crippen molar-refractivity contribution < 1.29 is 23.1 Å². The Hall–Kier alpha value is -4.26. The molecule has 35 heavy (non-hydrogen) atoms. The number of aromatic nitrogens is 1. The number of ketones is 1. The number of carbonyl (C=O) groups excluding carboxylic acids is 2. The zero-order valence-electron chi connectivity index (χ0n) is 18.9. The summed E-state index contributed by atoms with van der Waals surface area (Å²) >= 11 is 0. The van der Waals surface area contributed by atoms with Crippen molar-refractivity contribution in [2.24, 2.45) is 0 Å². The highest BCUT2D eigenvalue weighted by molar-refractivity contribution is 6.00. The summed E-state index contributed by atoms with van der Waals surface area (Å²) in [5, 5.41) is 0. The fraction of sp³-hybridized carbons (Fsp3) is 0.143. The van der Waals surface area contributed by atoms with Gasteiger partial charge in [0, 0.05) is 11.8 Å². The summed E-state index contributed by atoms with van der Waals surface area (Å²) in [6.45, 7) is 1.98. The minimum atomic E-state index is -0.488. The molecule has 0 fully saturated rings. The molecule has 0 amide bonds. The maximum Gasteiger partial charge on any atom is 0.339 e. The van der Waals surface area contributed by atoms with Gasteiger partial charge in [0.15, 0.2) is 5.78 Å². The van der Waals surface area contributed by atoms with Gasteiger partial charge < -0.3 is 14.2 Å². The molecule has 7 heteroatoms. The third-order valence-corrected chi connectivity index (χ3v) is 6.07. The van der Waals surface area contributed by atoms with Crippen LogP contribution in [0.5, 0.6) is 0 Å². The van der Waals surface area contributed by atoms with Gasteiger partial charge in [-0.1, -0.05) is 24.3 Å².